The zero-order valence-corrected chi connectivity index (χ0v) is 13.4. The van der Waals surface area contributed by atoms with Crippen molar-refractivity contribution < 1.29 is 4.39 Å². The van der Waals surface area contributed by atoms with Crippen molar-refractivity contribution in [3.8, 4) is 0 Å². The van der Waals surface area contributed by atoms with Gasteiger partial charge in [-0.1, -0.05) is 41.1 Å². The lowest BCUT2D eigenvalue weighted by Crippen LogP contribution is -2.23. The average Bonchev–Trinajstić information content (AvgIpc) is 2.39. The van der Waals surface area contributed by atoms with Gasteiger partial charge < -0.3 is 5.32 Å². The van der Waals surface area contributed by atoms with Crippen molar-refractivity contribution in [2.75, 3.05) is 6.54 Å². The third-order valence-electron chi connectivity index (χ3n) is 3.27. The van der Waals surface area contributed by atoms with Gasteiger partial charge in [-0.05, 0) is 60.8 Å². The topological polar surface area (TPSA) is 12.0 Å². The van der Waals surface area contributed by atoms with Crippen LogP contribution in [0.15, 0.2) is 46.9 Å². The standard InChI is InChI=1S/C17H19BrFN/c1-3-20-17(10-13-4-6-15(18)7-5-13)14-8-12(2)9-16(19)11-14/h4-9,11,17,20H,3,10H2,1-2H3. The molecule has 1 N–H and O–H groups in total. The number of hydrogen-bond donors (Lipinski definition) is 1. The van der Waals surface area contributed by atoms with E-state index in [9.17, 15) is 4.39 Å². The first-order valence-corrected chi connectivity index (χ1v) is 7.62. The molecule has 1 atom stereocenters. The summed E-state index contributed by atoms with van der Waals surface area (Å²) in [5.41, 5.74) is 3.20. The van der Waals surface area contributed by atoms with Crippen LogP contribution in [0.4, 0.5) is 4.39 Å². The van der Waals surface area contributed by atoms with Crippen molar-refractivity contribution in [2.24, 2.45) is 0 Å². The van der Waals surface area contributed by atoms with Gasteiger partial charge in [-0.15, -0.1) is 0 Å². The molecule has 0 amide bonds. The first-order chi connectivity index (χ1) is 9.58. The summed E-state index contributed by atoms with van der Waals surface area (Å²) in [5, 5.41) is 3.44. The second kappa shape index (κ2) is 7.00. The highest BCUT2D eigenvalue weighted by Crippen LogP contribution is 2.22. The van der Waals surface area contributed by atoms with Gasteiger partial charge in [0.2, 0.25) is 0 Å². The van der Waals surface area contributed by atoms with Crippen molar-refractivity contribution in [1.29, 1.82) is 0 Å². The second-order valence-corrected chi connectivity index (χ2v) is 5.92. The van der Waals surface area contributed by atoms with Crippen LogP contribution in [0.1, 0.15) is 29.7 Å². The van der Waals surface area contributed by atoms with Crippen molar-refractivity contribution in [3.63, 3.8) is 0 Å². The predicted molar refractivity (Wildman–Crippen MR) is 85.4 cm³/mol. The molecule has 0 aliphatic rings. The molecule has 0 aliphatic carbocycles. The Kier molecular flexibility index (Phi) is 5.32. The summed E-state index contributed by atoms with van der Waals surface area (Å²) in [7, 11) is 0. The molecule has 0 saturated heterocycles. The Hall–Kier alpha value is -1.19. The van der Waals surface area contributed by atoms with Crippen LogP contribution in [-0.2, 0) is 6.42 Å². The fourth-order valence-electron chi connectivity index (χ4n) is 2.38. The largest absolute Gasteiger partial charge is 0.310 e. The van der Waals surface area contributed by atoms with E-state index >= 15 is 0 Å². The van der Waals surface area contributed by atoms with Gasteiger partial charge in [-0.2, -0.15) is 0 Å². The molecule has 3 heteroatoms. The molecule has 0 aromatic heterocycles. The molecule has 2 rings (SSSR count). The maximum absolute atomic E-state index is 13.6. The Balaban J connectivity index is 2.23. The minimum atomic E-state index is -0.168. The van der Waals surface area contributed by atoms with Crippen LogP contribution in [0.25, 0.3) is 0 Å². The summed E-state index contributed by atoms with van der Waals surface area (Å²) in [6.07, 6.45) is 0.851. The first kappa shape index (κ1) is 15.2. The Morgan fingerprint density at radius 1 is 1.15 bits per heavy atom. The van der Waals surface area contributed by atoms with Gasteiger partial charge in [-0.3, -0.25) is 0 Å². The lowest BCUT2D eigenvalue weighted by Gasteiger charge is -2.19. The third-order valence-corrected chi connectivity index (χ3v) is 3.80. The van der Waals surface area contributed by atoms with Crippen LogP contribution in [0.3, 0.4) is 0 Å². The summed E-state index contributed by atoms with van der Waals surface area (Å²) in [4.78, 5) is 0. The average molecular weight is 336 g/mol. The van der Waals surface area contributed by atoms with Gasteiger partial charge in [0.1, 0.15) is 5.82 Å². The van der Waals surface area contributed by atoms with Crippen LogP contribution in [0, 0.1) is 12.7 Å². The molecule has 106 valence electrons. The van der Waals surface area contributed by atoms with E-state index in [1.165, 1.54) is 5.56 Å². The molecular formula is C17H19BrFN. The maximum Gasteiger partial charge on any atom is 0.123 e. The summed E-state index contributed by atoms with van der Waals surface area (Å²) >= 11 is 3.44. The maximum atomic E-state index is 13.6. The van der Waals surface area contributed by atoms with Crippen molar-refractivity contribution in [2.45, 2.75) is 26.3 Å². The molecule has 0 heterocycles. The number of halogens is 2. The lowest BCUT2D eigenvalue weighted by atomic mass is 9.97. The number of benzene rings is 2. The zero-order valence-electron chi connectivity index (χ0n) is 11.8. The smallest absolute Gasteiger partial charge is 0.123 e. The molecule has 2 aromatic rings. The molecule has 0 bridgehead atoms. The molecule has 0 fully saturated rings. The fourth-order valence-corrected chi connectivity index (χ4v) is 2.64. The van der Waals surface area contributed by atoms with Gasteiger partial charge >= 0.3 is 0 Å². The number of hydrogen-bond acceptors (Lipinski definition) is 1. The van der Waals surface area contributed by atoms with Crippen LogP contribution in [-0.4, -0.2) is 6.54 Å². The SMILES string of the molecule is CCNC(Cc1ccc(Br)cc1)c1cc(C)cc(F)c1. The molecule has 0 spiro atoms. The Morgan fingerprint density at radius 2 is 1.85 bits per heavy atom. The number of rotatable bonds is 5. The normalized spacial score (nSPS) is 12.4. The van der Waals surface area contributed by atoms with Crippen molar-refractivity contribution in [1.82, 2.24) is 5.32 Å². The number of aryl methyl sites for hydroxylation is 1. The Morgan fingerprint density at radius 3 is 2.45 bits per heavy atom. The molecular weight excluding hydrogens is 317 g/mol. The van der Waals surface area contributed by atoms with E-state index in [1.54, 1.807) is 12.1 Å². The lowest BCUT2D eigenvalue weighted by molar-refractivity contribution is 0.542. The van der Waals surface area contributed by atoms with E-state index in [-0.39, 0.29) is 11.9 Å². The van der Waals surface area contributed by atoms with Gasteiger partial charge in [0, 0.05) is 10.5 Å². The third kappa shape index (κ3) is 4.15. The molecule has 1 nitrogen and oxygen atoms in total. The highest BCUT2D eigenvalue weighted by Gasteiger charge is 2.12. The minimum absolute atomic E-state index is 0.135. The summed E-state index contributed by atoms with van der Waals surface area (Å²) in [5.74, 6) is -0.168. The van der Waals surface area contributed by atoms with E-state index in [4.69, 9.17) is 0 Å². The Labute approximate surface area is 128 Å². The quantitative estimate of drug-likeness (QED) is 0.828. The van der Waals surface area contributed by atoms with Crippen LogP contribution in [0.5, 0.6) is 0 Å². The van der Waals surface area contributed by atoms with Gasteiger partial charge in [0.05, 0.1) is 0 Å². The van der Waals surface area contributed by atoms with E-state index < -0.39 is 0 Å². The predicted octanol–water partition coefficient (Wildman–Crippen LogP) is 4.79. The second-order valence-electron chi connectivity index (χ2n) is 5.00. The van der Waals surface area contributed by atoms with Gasteiger partial charge in [-0.25, -0.2) is 4.39 Å². The highest BCUT2D eigenvalue weighted by molar-refractivity contribution is 9.10. The Bertz CT molecular complexity index is 545. The van der Waals surface area contributed by atoms with Gasteiger partial charge in [0.15, 0.2) is 0 Å². The van der Waals surface area contributed by atoms with E-state index in [0.29, 0.717) is 0 Å². The van der Waals surface area contributed by atoms with Crippen molar-refractivity contribution in [3.05, 3.63) is 69.4 Å². The van der Waals surface area contributed by atoms with Crippen LogP contribution in [0.2, 0.25) is 0 Å². The van der Waals surface area contributed by atoms with Gasteiger partial charge in [0.25, 0.3) is 0 Å². The highest BCUT2D eigenvalue weighted by atomic mass is 79.9. The summed E-state index contributed by atoms with van der Waals surface area (Å²) in [6, 6.07) is 13.6. The van der Waals surface area contributed by atoms with Crippen LogP contribution >= 0.6 is 15.9 Å². The fraction of sp³-hybridized carbons (Fsp3) is 0.294. The molecule has 0 saturated carbocycles. The van der Waals surface area contributed by atoms with Crippen LogP contribution < -0.4 is 5.32 Å². The monoisotopic (exact) mass is 335 g/mol. The van der Waals surface area contributed by atoms with E-state index in [0.717, 1.165) is 28.6 Å². The van der Waals surface area contributed by atoms with E-state index in [1.807, 2.05) is 19.1 Å². The first-order valence-electron chi connectivity index (χ1n) is 6.83. The minimum Gasteiger partial charge on any atom is -0.310 e. The van der Waals surface area contributed by atoms with Crippen molar-refractivity contribution >= 4 is 15.9 Å². The number of nitrogens with one attached hydrogen (secondary N) is 1. The zero-order chi connectivity index (χ0) is 14.5. The molecule has 1 unspecified atom stereocenters. The molecule has 0 aliphatic heterocycles. The summed E-state index contributed by atoms with van der Waals surface area (Å²) < 4.78 is 14.7. The summed E-state index contributed by atoms with van der Waals surface area (Å²) in [6.45, 7) is 4.85. The molecule has 2 aromatic carbocycles. The number of likely N-dealkylation sites (N-methyl/N-ethyl adjacent to an activating group) is 1. The molecule has 0 radical (unpaired) electrons. The molecule has 20 heavy (non-hydrogen) atoms. The van der Waals surface area contributed by atoms with E-state index in [2.05, 4.69) is 46.4 Å².